The van der Waals surface area contributed by atoms with E-state index in [9.17, 15) is 0 Å². The van der Waals surface area contributed by atoms with Gasteiger partial charge in [0.1, 0.15) is 0 Å². The van der Waals surface area contributed by atoms with Gasteiger partial charge in [-0.2, -0.15) is 0 Å². The molecular formula is C12H19NO2. The highest BCUT2D eigenvalue weighted by Gasteiger charge is 2.15. The van der Waals surface area contributed by atoms with Crippen LogP contribution in [0.3, 0.4) is 0 Å². The molecule has 0 amide bonds. The molecule has 0 saturated carbocycles. The van der Waals surface area contributed by atoms with Gasteiger partial charge in [-0.15, -0.1) is 0 Å². The standard InChI is InChI=1S/C12H19NO2/c1-10(12-4-7-15-9-12)13-8-11-2-5-14-6-3-11/h4,7,9-11,13H,2-3,5-6,8H2,1H3. The SMILES string of the molecule is CC(NCC1CCOCC1)c1ccoc1. The average molecular weight is 209 g/mol. The lowest BCUT2D eigenvalue weighted by molar-refractivity contribution is 0.0656. The Bertz CT molecular complexity index is 265. The molecule has 3 nitrogen and oxygen atoms in total. The van der Waals surface area contributed by atoms with E-state index in [1.807, 2.05) is 12.3 Å². The molecule has 1 aliphatic rings. The van der Waals surface area contributed by atoms with Gasteiger partial charge >= 0.3 is 0 Å². The normalized spacial score (nSPS) is 20.3. The van der Waals surface area contributed by atoms with Gasteiger partial charge in [-0.25, -0.2) is 0 Å². The highest BCUT2D eigenvalue weighted by Crippen LogP contribution is 2.16. The first-order valence-electron chi connectivity index (χ1n) is 5.69. The van der Waals surface area contributed by atoms with Crippen LogP contribution in [0.25, 0.3) is 0 Å². The molecule has 0 spiro atoms. The highest BCUT2D eigenvalue weighted by atomic mass is 16.5. The molecule has 0 radical (unpaired) electrons. The van der Waals surface area contributed by atoms with Crippen LogP contribution in [0.15, 0.2) is 23.0 Å². The van der Waals surface area contributed by atoms with E-state index in [1.165, 1.54) is 18.4 Å². The molecule has 1 saturated heterocycles. The Morgan fingerprint density at radius 1 is 1.47 bits per heavy atom. The number of nitrogens with one attached hydrogen (secondary N) is 1. The fourth-order valence-corrected chi connectivity index (χ4v) is 1.93. The Kier molecular flexibility index (Phi) is 3.80. The second-order valence-corrected chi connectivity index (χ2v) is 4.24. The molecule has 2 rings (SSSR count). The number of rotatable bonds is 4. The van der Waals surface area contributed by atoms with E-state index < -0.39 is 0 Å². The second kappa shape index (κ2) is 5.33. The van der Waals surface area contributed by atoms with Gasteiger partial charge < -0.3 is 14.5 Å². The minimum atomic E-state index is 0.381. The zero-order chi connectivity index (χ0) is 10.5. The van der Waals surface area contributed by atoms with Crippen LogP contribution in [-0.2, 0) is 4.74 Å². The van der Waals surface area contributed by atoms with Crippen LogP contribution in [0.5, 0.6) is 0 Å². The molecule has 0 aliphatic carbocycles. The summed E-state index contributed by atoms with van der Waals surface area (Å²) < 4.78 is 10.4. The third kappa shape index (κ3) is 3.08. The van der Waals surface area contributed by atoms with Crippen molar-refractivity contribution in [3.63, 3.8) is 0 Å². The van der Waals surface area contributed by atoms with Gasteiger partial charge in [0.15, 0.2) is 0 Å². The van der Waals surface area contributed by atoms with Gasteiger partial charge in [0, 0.05) is 24.8 Å². The zero-order valence-electron chi connectivity index (χ0n) is 9.24. The molecule has 2 heterocycles. The number of hydrogen-bond donors (Lipinski definition) is 1. The summed E-state index contributed by atoms with van der Waals surface area (Å²) in [7, 11) is 0. The Morgan fingerprint density at radius 3 is 2.93 bits per heavy atom. The number of furan rings is 1. The molecule has 1 aliphatic heterocycles. The summed E-state index contributed by atoms with van der Waals surface area (Å²) in [6, 6.07) is 2.40. The number of hydrogen-bond acceptors (Lipinski definition) is 3. The first-order chi connectivity index (χ1) is 7.36. The van der Waals surface area contributed by atoms with E-state index in [0.29, 0.717) is 6.04 Å². The molecule has 1 aromatic rings. The molecule has 0 bridgehead atoms. The van der Waals surface area contributed by atoms with Crippen LogP contribution in [0.2, 0.25) is 0 Å². The monoisotopic (exact) mass is 209 g/mol. The largest absolute Gasteiger partial charge is 0.472 e. The third-order valence-corrected chi connectivity index (χ3v) is 3.10. The second-order valence-electron chi connectivity index (χ2n) is 4.24. The van der Waals surface area contributed by atoms with Crippen LogP contribution in [0.1, 0.15) is 31.4 Å². The van der Waals surface area contributed by atoms with Gasteiger partial charge in [0.25, 0.3) is 0 Å². The van der Waals surface area contributed by atoms with E-state index in [-0.39, 0.29) is 0 Å². The lowest BCUT2D eigenvalue weighted by Gasteiger charge is -2.24. The van der Waals surface area contributed by atoms with Crippen molar-refractivity contribution in [3.8, 4) is 0 Å². The minimum absolute atomic E-state index is 0.381. The van der Waals surface area contributed by atoms with Crippen LogP contribution < -0.4 is 5.32 Å². The predicted molar refractivity (Wildman–Crippen MR) is 58.7 cm³/mol. The van der Waals surface area contributed by atoms with Gasteiger partial charge in [-0.1, -0.05) is 0 Å². The van der Waals surface area contributed by atoms with E-state index in [1.54, 1.807) is 6.26 Å². The fourth-order valence-electron chi connectivity index (χ4n) is 1.93. The van der Waals surface area contributed by atoms with Crippen molar-refractivity contribution in [1.29, 1.82) is 0 Å². The quantitative estimate of drug-likeness (QED) is 0.826. The molecule has 1 aromatic heterocycles. The summed E-state index contributed by atoms with van der Waals surface area (Å²) in [6.45, 7) is 5.10. The van der Waals surface area contributed by atoms with Gasteiger partial charge in [-0.05, 0) is 38.3 Å². The predicted octanol–water partition coefficient (Wildman–Crippen LogP) is 2.36. The lowest BCUT2D eigenvalue weighted by Crippen LogP contribution is -2.29. The van der Waals surface area contributed by atoms with E-state index in [2.05, 4.69) is 12.2 Å². The van der Waals surface area contributed by atoms with Crippen LogP contribution in [0, 0.1) is 5.92 Å². The Balaban J connectivity index is 1.73. The summed E-state index contributed by atoms with van der Waals surface area (Å²) in [5.41, 5.74) is 1.22. The molecule has 1 unspecified atom stereocenters. The minimum Gasteiger partial charge on any atom is -0.472 e. The summed E-state index contributed by atoms with van der Waals surface area (Å²) in [4.78, 5) is 0. The zero-order valence-corrected chi connectivity index (χ0v) is 9.24. The molecule has 3 heteroatoms. The molecule has 1 N–H and O–H groups in total. The van der Waals surface area contributed by atoms with Crippen molar-refractivity contribution in [2.75, 3.05) is 19.8 Å². The molecule has 0 aromatic carbocycles. The maximum Gasteiger partial charge on any atom is 0.0950 e. The highest BCUT2D eigenvalue weighted by molar-refractivity contribution is 5.10. The van der Waals surface area contributed by atoms with Crippen molar-refractivity contribution >= 4 is 0 Å². The fraction of sp³-hybridized carbons (Fsp3) is 0.667. The first kappa shape index (κ1) is 10.7. The summed E-state index contributed by atoms with van der Waals surface area (Å²) in [5, 5.41) is 3.54. The summed E-state index contributed by atoms with van der Waals surface area (Å²) >= 11 is 0. The van der Waals surface area contributed by atoms with E-state index in [0.717, 1.165) is 25.7 Å². The first-order valence-corrected chi connectivity index (χ1v) is 5.69. The number of ether oxygens (including phenoxy) is 1. The molecule has 1 fully saturated rings. The average Bonchev–Trinajstić information content (AvgIpc) is 2.81. The van der Waals surface area contributed by atoms with Crippen molar-refractivity contribution in [2.45, 2.75) is 25.8 Å². The topological polar surface area (TPSA) is 34.4 Å². The molecule has 84 valence electrons. The molecule has 1 atom stereocenters. The van der Waals surface area contributed by atoms with Crippen LogP contribution >= 0.6 is 0 Å². The maximum absolute atomic E-state index is 5.34. The third-order valence-electron chi connectivity index (χ3n) is 3.10. The van der Waals surface area contributed by atoms with Crippen molar-refractivity contribution < 1.29 is 9.15 Å². The van der Waals surface area contributed by atoms with Gasteiger partial charge in [0.05, 0.1) is 12.5 Å². The van der Waals surface area contributed by atoms with Gasteiger partial charge in [0.2, 0.25) is 0 Å². The smallest absolute Gasteiger partial charge is 0.0950 e. The Morgan fingerprint density at radius 2 is 2.27 bits per heavy atom. The van der Waals surface area contributed by atoms with Crippen LogP contribution in [0.4, 0.5) is 0 Å². The lowest BCUT2D eigenvalue weighted by atomic mass is 10.00. The summed E-state index contributed by atoms with van der Waals surface area (Å²) in [6.07, 6.45) is 5.90. The Labute approximate surface area is 90.8 Å². The molecule has 15 heavy (non-hydrogen) atoms. The maximum atomic E-state index is 5.34. The van der Waals surface area contributed by atoms with Crippen LogP contribution in [-0.4, -0.2) is 19.8 Å². The van der Waals surface area contributed by atoms with E-state index >= 15 is 0 Å². The van der Waals surface area contributed by atoms with Crippen molar-refractivity contribution in [3.05, 3.63) is 24.2 Å². The van der Waals surface area contributed by atoms with E-state index in [4.69, 9.17) is 9.15 Å². The van der Waals surface area contributed by atoms with Crippen molar-refractivity contribution in [2.24, 2.45) is 5.92 Å². The van der Waals surface area contributed by atoms with Crippen molar-refractivity contribution in [1.82, 2.24) is 5.32 Å². The summed E-state index contributed by atoms with van der Waals surface area (Å²) in [5.74, 6) is 0.771. The van der Waals surface area contributed by atoms with Gasteiger partial charge in [-0.3, -0.25) is 0 Å². The molecular weight excluding hydrogens is 190 g/mol. The Hall–Kier alpha value is -0.800.